The fourth-order valence-electron chi connectivity index (χ4n) is 3.52. The van der Waals surface area contributed by atoms with E-state index in [9.17, 15) is 8.42 Å². The molecule has 1 fully saturated rings. The predicted molar refractivity (Wildman–Crippen MR) is 111 cm³/mol. The van der Waals surface area contributed by atoms with Crippen LogP contribution < -0.4 is 4.84 Å². The largest absolute Gasteiger partial charge is 0.388 e. The molecule has 1 unspecified atom stereocenters. The van der Waals surface area contributed by atoms with E-state index in [1.807, 2.05) is 5.38 Å². The van der Waals surface area contributed by atoms with E-state index in [0.29, 0.717) is 30.0 Å². The predicted octanol–water partition coefficient (Wildman–Crippen LogP) is 2.89. The standard InChI is InChI=1S/C19H25N5O3S2/c1-3-5-19-20-15(13-28-19)12-27-24-18-10-16(7-8-17(18)21-22-24)29(25,26)23-9-4-6-14(2)11-23/h7-8,10,13-14H,3-6,9,11-12H2,1-2H3. The molecule has 1 atom stereocenters. The van der Waals surface area contributed by atoms with E-state index in [-0.39, 0.29) is 11.5 Å². The van der Waals surface area contributed by atoms with Gasteiger partial charge < -0.3 is 4.84 Å². The Labute approximate surface area is 174 Å². The molecule has 3 heterocycles. The zero-order chi connectivity index (χ0) is 20.4. The van der Waals surface area contributed by atoms with E-state index in [1.165, 1.54) is 4.85 Å². The summed E-state index contributed by atoms with van der Waals surface area (Å²) in [5, 5.41) is 11.1. The van der Waals surface area contributed by atoms with Gasteiger partial charge in [0.15, 0.2) is 6.61 Å². The van der Waals surface area contributed by atoms with Crippen molar-refractivity contribution >= 4 is 32.4 Å². The number of hydrogen-bond acceptors (Lipinski definition) is 7. The Morgan fingerprint density at radius 1 is 1.34 bits per heavy atom. The number of fused-ring (bicyclic) bond motifs is 1. The van der Waals surface area contributed by atoms with Crippen molar-refractivity contribution in [3.8, 4) is 0 Å². The van der Waals surface area contributed by atoms with E-state index >= 15 is 0 Å². The van der Waals surface area contributed by atoms with Gasteiger partial charge in [-0.3, -0.25) is 0 Å². The number of rotatable bonds is 7. The molecule has 0 radical (unpaired) electrons. The highest BCUT2D eigenvalue weighted by molar-refractivity contribution is 7.89. The Morgan fingerprint density at radius 2 is 2.21 bits per heavy atom. The summed E-state index contributed by atoms with van der Waals surface area (Å²) < 4.78 is 27.7. The number of nitrogens with zero attached hydrogens (tertiary/aromatic N) is 5. The van der Waals surface area contributed by atoms with Crippen molar-refractivity contribution in [3.63, 3.8) is 0 Å². The molecule has 10 heteroatoms. The molecule has 2 aromatic heterocycles. The third kappa shape index (κ3) is 4.29. The third-order valence-corrected chi connectivity index (χ3v) is 7.86. The number of piperidine rings is 1. The number of aryl methyl sites for hydroxylation is 1. The highest BCUT2D eigenvalue weighted by Gasteiger charge is 2.29. The molecule has 8 nitrogen and oxygen atoms in total. The van der Waals surface area contributed by atoms with Gasteiger partial charge in [0.1, 0.15) is 11.0 Å². The lowest BCUT2D eigenvalue weighted by Gasteiger charge is -2.30. The summed E-state index contributed by atoms with van der Waals surface area (Å²) >= 11 is 1.62. The quantitative estimate of drug-likeness (QED) is 0.567. The monoisotopic (exact) mass is 435 g/mol. The Balaban J connectivity index is 1.55. The van der Waals surface area contributed by atoms with Gasteiger partial charge >= 0.3 is 0 Å². The number of sulfonamides is 1. The molecule has 3 aromatic rings. The first kappa shape index (κ1) is 20.2. The zero-order valence-electron chi connectivity index (χ0n) is 16.6. The Hall–Kier alpha value is -2.04. The number of aromatic nitrogens is 4. The van der Waals surface area contributed by atoms with Gasteiger partial charge in [-0.25, -0.2) is 13.4 Å². The minimum atomic E-state index is -3.55. The number of thiazole rings is 1. The van der Waals surface area contributed by atoms with Gasteiger partial charge in [0.25, 0.3) is 0 Å². The van der Waals surface area contributed by atoms with Crippen molar-refractivity contribution in [1.29, 1.82) is 0 Å². The number of benzene rings is 1. The first-order chi connectivity index (χ1) is 14.0. The van der Waals surface area contributed by atoms with Crippen molar-refractivity contribution in [1.82, 2.24) is 24.4 Å². The van der Waals surface area contributed by atoms with E-state index in [0.717, 1.165) is 36.4 Å². The fourth-order valence-corrected chi connectivity index (χ4v) is 6.02. The average molecular weight is 436 g/mol. The van der Waals surface area contributed by atoms with Crippen LogP contribution in [-0.4, -0.2) is 46.0 Å². The maximum absolute atomic E-state index is 13.1. The molecule has 156 valence electrons. The SMILES string of the molecule is CCCc1nc(COn2nnc3ccc(S(=O)(=O)N4CCCC(C)C4)cc32)cs1. The van der Waals surface area contributed by atoms with Gasteiger partial charge in [0.2, 0.25) is 10.0 Å². The molecule has 1 aliphatic rings. The van der Waals surface area contributed by atoms with Crippen molar-refractivity contribution in [3.05, 3.63) is 34.3 Å². The summed E-state index contributed by atoms with van der Waals surface area (Å²) in [6.07, 6.45) is 3.95. The average Bonchev–Trinajstić information content (AvgIpc) is 3.33. The maximum Gasteiger partial charge on any atom is 0.243 e. The molecule has 0 bridgehead atoms. The van der Waals surface area contributed by atoms with Crippen molar-refractivity contribution in [2.45, 2.75) is 51.0 Å². The third-order valence-electron chi connectivity index (χ3n) is 5.04. The van der Waals surface area contributed by atoms with Gasteiger partial charge in [-0.15, -0.1) is 16.4 Å². The first-order valence-electron chi connectivity index (χ1n) is 9.89. The minimum absolute atomic E-state index is 0.241. The number of hydrogen-bond donors (Lipinski definition) is 0. The molecule has 0 saturated carbocycles. The first-order valence-corrected chi connectivity index (χ1v) is 12.2. The van der Waals surface area contributed by atoms with Crippen LogP contribution in [0, 0.1) is 5.92 Å². The van der Waals surface area contributed by atoms with Crippen LogP contribution in [0.25, 0.3) is 11.0 Å². The summed E-state index contributed by atoms with van der Waals surface area (Å²) in [7, 11) is -3.55. The molecule has 1 aromatic carbocycles. The van der Waals surface area contributed by atoms with Crippen LogP contribution >= 0.6 is 11.3 Å². The molecular weight excluding hydrogens is 410 g/mol. The molecule has 29 heavy (non-hydrogen) atoms. The maximum atomic E-state index is 13.1. The second-order valence-electron chi connectivity index (χ2n) is 7.48. The van der Waals surface area contributed by atoms with Crippen LogP contribution in [0.15, 0.2) is 28.5 Å². The Morgan fingerprint density at radius 3 is 3.00 bits per heavy atom. The van der Waals surface area contributed by atoms with Crippen molar-refractivity contribution < 1.29 is 13.3 Å². The molecule has 1 saturated heterocycles. The van der Waals surface area contributed by atoms with Crippen LogP contribution in [0.3, 0.4) is 0 Å². The second kappa shape index (κ2) is 8.37. The van der Waals surface area contributed by atoms with Gasteiger partial charge in [0.05, 0.1) is 15.6 Å². The van der Waals surface area contributed by atoms with E-state index in [4.69, 9.17) is 4.84 Å². The van der Waals surface area contributed by atoms with Crippen molar-refractivity contribution in [2.75, 3.05) is 13.1 Å². The summed E-state index contributed by atoms with van der Waals surface area (Å²) in [6, 6.07) is 4.85. The fraction of sp³-hybridized carbons (Fsp3) is 0.526. The second-order valence-corrected chi connectivity index (χ2v) is 10.4. The van der Waals surface area contributed by atoms with Crippen LogP contribution in [-0.2, 0) is 23.1 Å². The van der Waals surface area contributed by atoms with Crippen molar-refractivity contribution in [2.24, 2.45) is 5.92 Å². The van der Waals surface area contributed by atoms with E-state index in [2.05, 4.69) is 29.1 Å². The molecular formula is C19H25N5O3S2. The normalized spacial score (nSPS) is 18.3. The highest BCUT2D eigenvalue weighted by Crippen LogP contribution is 2.25. The van der Waals surface area contributed by atoms with Crippen LogP contribution in [0.5, 0.6) is 0 Å². The Bertz CT molecular complexity index is 1090. The van der Waals surface area contributed by atoms with Crippen LogP contribution in [0.2, 0.25) is 0 Å². The summed E-state index contributed by atoms with van der Waals surface area (Å²) in [4.78, 5) is 11.8. The van der Waals surface area contributed by atoms with Gasteiger partial charge in [-0.2, -0.15) is 4.31 Å². The molecule has 0 N–H and O–H groups in total. The van der Waals surface area contributed by atoms with Crippen LogP contribution in [0.4, 0.5) is 0 Å². The molecule has 0 spiro atoms. The summed E-state index contributed by atoms with van der Waals surface area (Å²) in [5.74, 6) is 0.369. The smallest absolute Gasteiger partial charge is 0.243 e. The van der Waals surface area contributed by atoms with E-state index < -0.39 is 10.0 Å². The lowest BCUT2D eigenvalue weighted by Crippen LogP contribution is -2.39. The van der Waals surface area contributed by atoms with Crippen LogP contribution in [0.1, 0.15) is 43.8 Å². The zero-order valence-corrected chi connectivity index (χ0v) is 18.2. The lowest BCUT2D eigenvalue weighted by atomic mass is 10.0. The minimum Gasteiger partial charge on any atom is -0.388 e. The molecule has 4 rings (SSSR count). The summed E-state index contributed by atoms with van der Waals surface area (Å²) in [5.41, 5.74) is 1.94. The topological polar surface area (TPSA) is 90.2 Å². The van der Waals surface area contributed by atoms with Gasteiger partial charge in [-0.05, 0) is 55.0 Å². The molecule has 0 aliphatic carbocycles. The van der Waals surface area contributed by atoms with Gasteiger partial charge in [0, 0.05) is 18.5 Å². The molecule has 1 aliphatic heterocycles. The highest BCUT2D eigenvalue weighted by atomic mass is 32.2. The Kier molecular flexibility index (Phi) is 5.84. The molecule has 0 amide bonds. The van der Waals surface area contributed by atoms with E-state index in [1.54, 1.807) is 33.8 Å². The van der Waals surface area contributed by atoms with Gasteiger partial charge in [-0.1, -0.05) is 18.7 Å². The summed E-state index contributed by atoms with van der Waals surface area (Å²) in [6.45, 7) is 5.57. The lowest BCUT2D eigenvalue weighted by molar-refractivity contribution is 0.0733.